The molecule has 0 atom stereocenters. The molecule has 2 rings (SSSR count). The summed E-state index contributed by atoms with van der Waals surface area (Å²) < 4.78 is 38.8. The van der Waals surface area contributed by atoms with Crippen LogP contribution in [-0.4, -0.2) is 0 Å². The van der Waals surface area contributed by atoms with Crippen LogP contribution in [0.1, 0.15) is 22.3 Å². The molecule has 0 aliphatic heterocycles. The highest BCUT2D eigenvalue weighted by Crippen LogP contribution is 2.33. The number of nitrogens with one attached hydrogen (secondary N) is 1. The van der Waals surface area contributed by atoms with Crippen molar-refractivity contribution in [2.24, 2.45) is 0 Å². The second-order valence-corrected chi connectivity index (χ2v) is 5.87. The minimum Gasteiger partial charge on any atom is -0.381 e. The van der Waals surface area contributed by atoms with Crippen molar-refractivity contribution in [3.05, 3.63) is 63.1 Å². The molecule has 0 heterocycles. The fourth-order valence-electron chi connectivity index (χ4n) is 2.17. The third-order valence-corrected chi connectivity index (χ3v) is 3.80. The van der Waals surface area contributed by atoms with Crippen LogP contribution < -0.4 is 5.32 Å². The number of aryl methyl sites for hydroxylation is 2. The number of hydrogen-bond acceptors (Lipinski definition) is 1. The van der Waals surface area contributed by atoms with Gasteiger partial charge in [0.05, 0.1) is 5.56 Å². The molecule has 0 aliphatic carbocycles. The van der Waals surface area contributed by atoms with E-state index in [0.29, 0.717) is 16.7 Å². The van der Waals surface area contributed by atoms with Gasteiger partial charge in [-0.05, 0) is 48.7 Å². The molecule has 5 heteroatoms. The molecule has 1 N–H and O–H groups in total. The van der Waals surface area contributed by atoms with Crippen LogP contribution in [0.25, 0.3) is 0 Å². The molecule has 1 nitrogen and oxygen atoms in total. The fraction of sp³-hybridized carbons (Fsp3) is 0.250. The van der Waals surface area contributed by atoms with Crippen LogP contribution in [-0.2, 0) is 12.7 Å². The Labute approximate surface area is 130 Å². The lowest BCUT2D eigenvalue weighted by Gasteiger charge is -2.14. The van der Waals surface area contributed by atoms with Gasteiger partial charge in [-0.1, -0.05) is 34.1 Å². The quantitative estimate of drug-likeness (QED) is 0.743. The van der Waals surface area contributed by atoms with Crippen LogP contribution in [0.2, 0.25) is 0 Å². The summed E-state index contributed by atoms with van der Waals surface area (Å²) in [6, 6.07) is 9.79. The van der Waals surface area contributed by atoms with Crippen molar-refractivity contribution in [2.45, 2.75) is 26.6 Å². The molecular formula is C16H15BrF3N. The van der Waals surface area contributed by atoms with E-state index >= 15 is 0 Å². The predicted molar refractivity (Wildman–Crippen MR) is 82.4 cm³/mol. The molecule has 2 aromatic carbocycles. The van der Waals surface area contributed by atoms with Gasteiger partial charge in [0.15, 0.2) is 0 Å². The Morgan fingerprint density at radius 1 is 1.05 bits per heavy atom. The second kappa shape index (κ2) is 6.10. The second-order valence-electron chi connectivity index (χ2n) is 4.95. The van der Waals surface area contributed by atoms with E-state index in [1.54, 1.807) is 6.07 Å². The number of rotatable bonds is 3. The third-order valence-electron chi connectivity index (χ3n) is 3.34. The van der Waals surface area contributed by atoms with Gasteiger partial charge in [0.25, 0.3) is 0 Å². The van der Waals surface area contributed by atoms with E-state index in [-0.39, 0.29) is 0 Å². The van der Waals surface area contributed by atoms with E-state index in [4.69, 9.17) is 0 Å². The minimum absolute atomic E-state index is 0.404. The molecule has 0 radical (unpaired) electrons. The molecule has 21 heavy (non-hydrogen) atoms. The Kier molecular flexibility index (Phi) is 4.61. The van der Waals surface area contributed by atoms with Crippen molar-refractivity contribution in [1.29, 1.82) is 0 Å². The molecule has 0 bridgehead atoms. The molecule has 112 valence electrons. The normalized spacial score (nSPS) is 11.5. The Bertz CT molecular complexity index is 630. The molecule has 0 saturated heterocycles. The van der Waals surface area contributed by atoms with Gasteiger partial charge in [-0.3, -0.25) is 0 Å². The van der Waals surface area contributed by atoms with E-state index in [1.807, 2.05) is 32.0 Å². The number of alkyl halides is 3. The summed E-state index contributed by atoms with van der Waals surface area (Å²) in [5, 5.41) is 3.07. The van der Waals surface area contributed by atoms with Crippen molar-refractivity contribution in [1.82, 2.24) is 0 Å². The maximum atomic E-state index is 12.8. The SMILES string of the molecule is Cc1cccc(C)c1CNc1cc(Br)cc(C(F)(F)F)c1. The van der Waals surface area contributed by atoms with E-state index in [2.05, 4.69) is 21.2 Å². The zero-order valence-electron chi connectivity index (χ0n) is 11.7. The largest absolute Gasteiger partial charge is 0.416 e. The zero-order chi connectivity index (χ0) is 15.6. The molecule has 0 aromatic heterocycles. The molecule has 0 amide bonds. The minimum atomic E-state index is -4.35. The molecule has 0 spiro atoms. The maximum absolute atomic E-state index is 12.8. The highest BCUT2D eigenvalue weighted by atomic mass is 79.9. The average molecular weight is 358 g/mol. The van der Waals surface area contributed by atoms with Crippen LogP contribution in [0, 0.1) is 13.8 Å². The number of anilines is 1. The topological polar surface area (TPSA) is 12.0 Å². The summed E-state index contributed by atoms with van der Waals surface area (Å²) >= 11 is 3.12. The van der Waals surface area contributed by atoms with Crippen LogP contribution in [0.5, 0.6) is 0 Å². The Morgan fingerprint density at radius 2 is 1.67 bits per heavy atom. The average Bonchev–Trinajstić information content (AvgIpc) is 2.36. The molecular weight excluding hydrogens is 343 g/mol. The van der Waals surface area contributed by atoms with Crippen molar-refractivity contribution in [3.8, 4) is 0 Å². The van der Waals surface area contributed by atoms with Crippen molar-refractivity contribution in [3.63, 3.8) is 0 Å². The first kappa shape index (κ1) is 15.9. The fourth-order valence-corrected chi connectivity index (χ4v) is 2.67. The van der Waals surface area contributed by atoms with Gasteiger partial charge in [-0.15, -0.1) is 0 Å². The standard InChI is InChI=1S/C16H15BrF3N/c1-10-4-3-5-11(2)15(10)9-21-14-7-12(16(18,19)20)6-13(17)8-14/h3-8,21H,9H2,1-2H3. The third kappa shape index (κ3) is 4.00. The Morgan fingerprint density at radius 3 is 2.24 bits per heavy atom. The summed E-state index contributed by atoms with van der Waals surface area (Å²) in [6.45, 7) is 4.48. The van der Waals surface area contributed by atoms with E-state index in [1.165, 1.54) is 0 Å². The lowest BCUT2D eigenvalue weighted by Crippen LogP contribution is -2.08. The number of benzene rings is 2. The highest BCUT2D eigenvalue weighted by Gasteiger charge is 2.31. The molecule has 0 fully saturated rings. The lowest BCUT2D eigenvalue weighted by molar-refractivity contribution is -0.137. The summed E-state index contributed by atoms with van der Waals surface area (Å²) in [4.78, 5) is 0. The van der Waals surface area contributed by atoms with Gasteiger partial charge in [-0.25, -0.2) is 0 Å². The summed E-state index contributed by atoms with van der Waals surface area (Å²) in [5.41, 5.74) is 3.12. The number of halogens is 4. The predicted octanol–water partition coefficient (Wildman–Crippen LogP) is 5.70. The van der Waals surface area contributed by atoms with Gasteiger partial charge in [0, 0.05) is 16.7 Å². The first-order valence-electron chi connectivity index (χ1n) is 6.44. The van der Waals surface area contributed by atoms with Gasteiger partial charge >= 0.3 is 6.18 Å². The summed E-state index contributed by atoms with van der Waals surface area (Å²) in [6.07, 6.45) is -4.35. The maximum Gasteiger partial charge on any atom is 0.416 e. The Hall–Kier alpha value is -1.49. The molecule has 2 aromatic rings. The Balaban J connectivity index is 2.23. The van der Waals surface area contributed by atoms with Gasteiger partial charge in [0.2, 0.25) is 0 Å². The van der Waals surface area contributed by atoms with Crippen molar-refractivity contribution in [2.75, 3.05) is 5.32 Å². The van der Waals surface area contributed by atoms with Gasteiger partial charge < -0.3 is 5.32 Å². The first-order valence-corrected chi connectivity index (χ1v) is 7.23. The number of hydrogen-bond donors (Lipinski definition) is 1. The van der Waals surface area contributed by atoms with Crippen LogP contribution >= 0.6 is 15.9 Å². The first-order chi connectivity index (χ1) is 9.77. The van der Waals surface area contributed by atoms with Crippen LogP contribution in [0.3, 0.4) is 0 Å². The monoisotopic (exact) mass is 357 g/mol. The van der Waals surface area contributed by atoms with Crippen molar-refractivity contribution >= 4 is 21.6 Å². The van der Waals surface area contributed by atoms with E-state index in [0.717, 1.165) is 28.8 Å². The lowest BCUT2D eigenvalue weighted by atomic mass is 10.0. The zero-order valence-corrected chi connectivity index (χ0v) is 13.3. The van der Waals surface area contributed by atoms with Crippen LogP contribution in [0.4, 0.5) is 18.9 Å². The molecule has 0 unspecified atom stereocenters. The summed E-state index contributed by atoms with van der Waals surface area (Å²) in [5.74, 6) is 0. The smallest absolute Gasteiger partial charge is 0.381 e. The van der Waals surface area contributed by atoms with E-state index < -0.39 is 11.7 Å². The molecule has 0 saturated carbocycles. The molecule has 0 aliphatic rings. The summed E-state index contributed by atoms with van der Waals surface area (Å²) in [7, 11) is 0. The van der Waals surface area contributed by atoms with Gasteiger partial charge in [-0.2, -0.15) is 13.2 Å². The van der Waals surface area contributed by atoms with Crippen LogP contribution in [0.15, 0.2) is 40.9 Å². The van der Waals surface area contributed by atoms with Crippen molar-refractivity contribution < 1.29 is 13.2 Å². The highest BCUT2D eigenvalue weighted by molar-refractivity contribution is 9.10. The van der Waals surface area contributed by atoms with E-state index in [9.17, 15) is 13.2 Å². The van der Waals surface area contributed by atoms with Gasteiger partial charge in [0.1, 0.15) is 0 Å².